The number of rotatable bonds is 5. The van der Waals surface area contributed by atoms with Crippen LogP contribution in [0.15, 0.2) is 47.4 Å². The fourth-order valence-electron chi connectivity index (χ4n) is 3.54. The lowest BCUT2D eigenvalue weighted by Gasteiger charge is -2.11. The van der Waals surface area contributed by atoms with Gasteiger partial charge in [-0.1, -0.05) is 18.0 Å². The zero-order valence-electron chi connectivity index (χ0n) is 16.5. The number of hydrogen-bond acceptors (Lipinski definition) is 5. The smallest absolute Gasteiger partial charge is 0.240 e. The van der Waals surface area contributed by atoms with Crippen molar-refractivity contribution in [2.24, 2.45) is 0 Å². The molecule has 10 heteroatoms. The summed E-state index contributed by atoms with van der Waals surface area (Å²) in [5.74, 6) is -0.848. The molecule has 4 rings (SSSR count). The van der Waals surface area contributed by atoms with Crippen molar-refractivity contribution in [1.29, 1.82) is 0 Å². The predicted molar refractivity (Wildman–Crippen MR) is 115 cm³/mol. The second kappa shape index (κ2) is 8.76. The zero-order valence-corrected chi connectivity index (χ0v) is 18.1. The van der Waals surface area contributed by atoms with Gasteiger partial charge < -0.3 is 9.88 Å². The van der Waals surface area contributed by atoms with Crippen molar-refractivity contribution in [2.45, 2.75) is 37.1 Å². The number of benzene rings is 2. The number of carbonyl (C=O) groups is 1. The molecule has 1 aromatic heterocycles. The van der Waals surface area contributed by atoms with Crippen molar-refractivity contribution in [2.75, 3.05) is 11.1 Å². The Morgan fingerprint density at radius 2 is 1.87 bits per heavy atom. The monoisotopic (exact) mass is 462 g/mol. The first-order chi connectivity index (χ1) is 14.8. The minimum absolute atomic E-state index is 0.0348. The highest BCUT2D eigenvalue weighted by Gasteiger charge is 2.21. The van der Waals surface area contributed by atoms with E-state index in [9.17, 15) is 17.6 Å². The van der Waals surface area contributed by atoms with Crippen molar-refractivity contribution in [3.05, 3.63) is 59.1 Å². The first kappa shape index (κ1) is 21.5. The molecule has 0 fully saturated rings. The average molecular weight is 463 g/mol. The molecule has 0 saturated carbocycles. The maximum absolute atomic E-state index is 14.4. The summed E-state index contributed by atoms with van der Waals surface area (Å²) in [6.07, 6.45) is 3.99. The topological polar surface area (TPSA) is 93.9 Å². The summed E-state index contributed by atoms with van der Waals surface area (Å²) in [4.78, 5) is 12.3. The SMILES string of the molecule is O=C(CS(=O)(=O)c1ccc(Cl)cc1)Nc1cc(-c2nnc3n2CCCCC3)ccc1F. The van der Waals surface area contributed by atoms with Crippen LogP contribution < -0.4 is 5.32 Å². The summed E-state index contributed by atoms with van der Waals surface area (Å²) in [6.45, 7) is 0.774. The molecule has 0 bridgehead atoms. The zero-order chi connectivity index (χ0) is 22.0. The number of amides is 1. The van der Waals surface area contributed by atoms with Crippen molar-refractivity contribution < 1.29 is 17.6 Å². The molecule has 0 unspecified atom stereocenters. The van der Waals surface area contributed by atoms with E-state index in [0.29, 0.717) is 16.4 Å². The van der Waals surface area contributed by atoms with Gasteiger partial charge in [0.1, 0.15) is 17.4 Å². The summed E-state index contributed by atoms with van der Waals surface area (Å²) < 4.78 is 41.3. The fourth-order valence-corrected chi connectivity index (χ4v) is 4.80. The van der Waals surface area contributed by atoms with Crippen LogP contribution in [0, 0.1) is 5.82 Å². The lowest BCUT2D eigenvalue weighted by molar-refractivity contribution is -0.113. The Morgan fingerprint density at radius 1 is 1.10 bits per heavy atom. The predicted octanol–water partition coefficient (Wildman–Crippen LogP) is 3.88. The van der Waals surface area contributed by atoms with Gasteiger partial charge in [-0.05, 0) is 55.3 Å². The molecule has 0 aliphatic carbocycles. The molecule has 7 nitrogen and oxygen atoms in total. The highest BCUT2D eigenvalue weighted by Crippen LogP contribution is 2.27. The lowest BCUT2D eigenvalue weighted by Crippen LogP contribution is -2.23. The number of fused-ring (bicyclic) bond motifs is 1. The lowest BCUT2D eigenvalue weighted by atomic mass is 10.1. The third-order valence-electron chi connectivity index (χ3n) is 5.10. The van der Waals surface area contributed by atoms with E-state index in [1.807, 2.05) is 4.57 Å². The Balaban J connectivity index is 1.55. The van der Waals surface area contributed by atoms with E-state index in [4.69, 9.17) is 11.6 Å². The first-order valence-corrected chi connectivity index (χ1v) is 11.9. The van der Waals surface area contributed by atoms with Gasteiger partial charge in [0.2, 0.25) is 5.91 Å². The van der Waals surface area contributed by atoms with Gasteiger partial charge in [0, 0.05) is 23.6 Å². The van der Waals surface area contributed by atoms with E-state index in [1.54, 1.807) is 6.07 Å². The summed E-state index contributed by atoms with van der Waals surface area (Å²) in [7, 11) is -3.90. The number of sulfone groups is 1. The van der Waals surface area contributed by atoms with E-state index >= 15 is 0 Å². The largest absolute Gasteiger partial charge is 0.323 e. The maximum atomic E-state index is 14.4. The molecule has 1 aliphatic rings. The minimum Gasteiger partial charge on any atom is -0.323 e. The van der Waals surface area contributed by atoms with Crippen LogP contribution in [-0.2, 0) is 27.6 Å². The molecule has 0 atom stereocenters. The third-order valence-corrected chi connectivity index (χ3v) is 6.99. The number of hydrogen-bond donors (Lipinski definition) is 1. The summed E-state index contributed by atoms with van der Waals surface area (Å²) in [5, 5.41) is 11.2. The number of aryl methyl sites for hydroxylation is 1. The van der Waals surface area contributed by atoms with Crippen molar-refractivity contribution in [3.8, 4) is 11.4 Å². The van der Waals surface area contributed by atoms with E-state index in [1.165, 1.54) is 36.4 Å². The molecular weight excluding hydrogens is 443 g/mol. The van der Waals surface area contributed by atoms with Gasteiger partial charge in [0.25, 0.3) is 0 Å². The Kier molecular flexibility index (Phi) is 6.06. The van der Waals surface area contributed by atoms with Crippen molar-refractivity contribution >= 4 is 33.0 Å². The molecular formula is C21H20ClFN4O3S. The van der Waals surface area contributed by atoms with Gasteiger partial charge in [-0.2, -0.15) is 0 Å². The maximum Gasteiger partial charge on any atom is 0.240 e. The van der Waals surface area contributed by atoms with Crippen molar-refractivity contribution in [1.82, 2.24) is 14.8 Å². The van der Waals surface area contributed by atoms with Crippen LogP contribution in [0.5, 0.6) is 0 Å². The molecule has 0 spiro atoms. The molecule has 162 valence electrons. The molecule has 1 aliphatic heterocycles. The van der Waals surface area contributed by atoms with Gasteiger partial charge in [0.15, 0.2) is 15.7 Å². The van der Waals surface area contributed by atoms with E-state index in [-0.39, 0.29) is 10.6 Å². The number of halogens is 2. The van der Waals surface area contributed by atoms with Crippen LogP contribution in [0.3, 0.4) is 0 Å². The molecule has 31 heavy (non-hydrogen) atoms. The number of nitrogens with zero attached hydrogens (tertiary/aromatic N) is 3. The minimum atomic E-state index is -3.90. The summed E-state index contributed by atoms with van der Waals surface area (Å²) >= 11 is 5.78. The van der Waals surface area contributed by atoms with Gasteiger partial charge in [-0.3, -0.25) is 4.79 Å². The van der Waals surface area contributed by atoms with E-state index in [0.717, 1.165) is 38.1 Å². The molecule has 1 N–H and O–H groups in total. The molecule has 3 aromatic rings. The Labute approximate surface area is 184 Å². The second-order valence-electron chi connectivity index (χ2n) is 7.36. The van der Waals surface area contributed by atoms with E-state index in [2.05, 4.69) is 15.5 Å². The first-order valence-electron chi connectivity index (χ1n) is 9.84. The average Bonchev–Trinajstić information content (AvgIpc) is 2.97. The molecule has 0 radical (unpaired) electrons. The Bertz CT molecular complexity index is 1230. The summed E-state index contributed by atoms with van der Waals surface area (Å²) in [6, 6.07) is 9.74. The second-order valence-corrected chi connectivity index (χ2v) is 9.78. The van der Waals surface area contributed by atoms with Crippen LogP contribution in [0.1, 0.15) is 25.1 Å². The van der Waals surface area contributed by atoms with Gasteiger partial charge in [-0.15, -0.1) is 10.2 Å². The Morgan fingerprint density at radius 3 is 2.65 bits per heavy atom. The number of anilines is 1. The Hall–Kier alpha value is -2.78. The molecule has 2 aromatic carbocycles. The normalized spacial score (nSPS) is 14.0. The molecule has 1 amide bonds. The van der Waals surface area contributed by atoms with E-state index < -0.39 is 27.3 Å². The van der Waals surface area contributed by atoms with Crippen molar-refractivity contribution in [3.63, 3.8) is 0 Å². The van der Waals surface area contributed by atoms with Crippen LogP contribution in [0.4, 0.5) is 10.1 Å². The highest BCUT2D eigenvalue weighted by molar-refractivity contribution is 7.92. The van der Waals surface area contributed by atoms with Crippen LogP contribution in [-0.4, -0.2) is 34.8 Å². The number of carbonyl (C=O) groups excluding carboxylic acids is 1. The van der Waals surface area contributed by atoms with Gasteiger partial charge in [0.05, 0.1) is 10.6 Å². The fraction of sp³-hybridized carbons (Fsp3) is 0.286. The molecule has 0 saturated heterocycles. The van der Waals surface area contributed by atoms with Crippen LogP contribution in [0.25, 0.3) is 11.4 Å². The third kappa shape index (κ3) is 4.77. The quantitative estimate of drug-likeness (QED) is 0.621. The summed E-state index contributed by atoms with van der Waals surface area (Å²) in [5.41, 5.74) is 0.484. The molecule has 2 heterocycles. The standard InChI is InChI=1S/C21H20ClFN4O3S/c22-15-6-8-16(9-7-15)31(29,30)13-20(28)24-18-12-14(5-10-17(18)23)21-26-25-19-4-2-1-3-11-27(19)21/h5-10,12H,1-4,11,13H2,(H,24,28). The van der Waals surface area contributed by atoms with Crippen LogP contribution >= 0.6 is 11.6 Å². The van der Waals surface area contributed by atoms with Gasteiger partial charge >= 0.3 is 0 Å². The van der Waals surface area contributed by atoms with Gasteiger partial charge in [-0.25, -0.2) is 12.8 Å². The highest BCUT2D eigenvalue weighted by atomic mass is 35.5. The number of nitrogens with one attached hydrogen (secondary N) is 1. The number of aromatic nitrogens is 3. The van der Waals surface area contributed by atoms with Crippen LogP contribution in [0.2, 0.25) is 5.02 Å².